The molecule has 0 spiro atoms. The lowest BCUT2D eigenvalue weighted by Crippen LogP contribution is -2.12. The largest absolute Gasteiger partial charge is 0.452 e. The molecule has 0 atom stereocenters. The van der Waals surface area contributed by atoms with Crippen LogP contribution < -0.4 is 5.32 Å². The van der Waals surface area contributed by atoms with E-state index >= 15 is 0 Å². The number of rotatable bonds is 2. The van der Waals surface area contributed by atoms with E-state index in [4.69, 9.17) is 21.1 Å². The fourth-order valence-corrected chi connectivity index (χ4v) is 1.68. The van der Waals surface area contributed by atoms with Gasteiger partial charge in [0.05, 0.1) is 17.5 Å². The van der Waals surface area contributed by atoms with Crippen molar-refractivity contribution in [3.05, 3.63) is 52.9 Å². The van der Waals surface area contributed by atoms with Crippen LogP contribution in [0.15, 0.2) is 41.0 Å². The summed E-state index contributed by atoms with van der Waals surface area (Å²) in [5, 5.41) is 11.4. The fourth-order valence-electron chi connectivity index (χ4n) is 1.48. The van der Waals surface area contributed by atoms with Crippen LogP contribution in [0.1, 0.15) is 15.9 Å². The number of carbonyl (C=O) groups excluding carboxylic acids is 1. The first-order valence-corrected chi connectivity index (χ1v) is 5.83. The van der Waals surface area contributed by atoms with Gasteiger partial charge in [0.2, 0.25) is 5.22 Å². The molecule has 0 saturated heterocycles. The predicted molar refractivity (Wildman–Crippen MR) is 72.1 cm³/mol. The molecule has 4 nitrogen and oxygen atoms in total. The van der Waals surface area contributed by atoms with Crippen LogP contribution in [0.2, 0.25) is 5.22 Å². The zero-order valence-corrected chi connectivity index (χ0v) is 10.6. The van der Waals surface area contributed by atoms with Crippen molar-refractivity contribution in [2.24, 2.45) is 0 Å². The van der Waals surface area contributed by atoms with Gasteiger partial charge in [-0.2, -0.15) is 0 Å². The van der Waals surface area contributed by atoms with Crippen LogP contribution in [-0.2, 0) is 0 Å². The molecule has 2 aromatic rings. The quantitative estimate of drug-likeness (QED) is 0.828. The summed E-state index contributed by atoms with van der Waals surface area (Å²) in [6.07, 6.45) is 1.34. The van der Waals surface area contributed by atoms with Gasteiger partial charge >= 0.3 is 0 Å². The Kier molecular flexibility index (Phi) is 4.24. The van der Waals surface area contributed by atoms with E-state index in [1.165, 1.54) is 12.3 Å². The Morgan fingerprint density at radius 3 is 2.84 bits per heavy atom. The Hall–Kier alpha value is -2.22. The van der Waals surface area contributed by atoms with Crippen molar-refractivity contribution in [3.8, 4) is 11.8 Å². The standard InChI is InChI=1S/C14H10ClNO3/c15-13-11(7-9-19-13)14(18)16-12-6-2-1-4-10(12)5-3-8-17/h1-2,4,6-7,9,17H,8H2,(H,16,18). The van der Waals surface area contributed by atoms with Crippen molar-refractivity contribution in [2.75, 3.05) is 11.9 Å². The summed E-state index contributed by atoms with van der Waals surface area (Å²) in [7, 11) is 0. The van der Waals surface area contributed by atoms with E-state index in [0.717, 1.165) is 0 Å². The van der Waals surface area contributed by atoms with Gasteiger partial charge in [0, 0.05) is 5.56 Å². The molecular formula is C14H10ClNO3. The summed E-state index contributed by atoms with van der Waals surface area (Å²) in [5.74, 6) is 4.91. The predicted octanol–water partition coefficient (Wildman–Crippen LogP) is 2.53. The third kappa shape index (κ3) is 3.16. The van der Waals surface area contributed by atoms with Gasteiger partial charge in [-0.1, -0.05) is 24.0 Å². The summed E-state index contributed by atoms with van der Waals surface area (Å²) in [4.78, 5) is 12.0. The number of amides is 1. The van der Waals surface area contributed by atoms with Crippen molar-refractivity contribution in [1.29, 1.82) is 0 Å². The zero-order valence-electron chi connectivity index (χ0n) is 9.81. The Labute approximate surface area is 115 Å². The Balaban J connectivity index is 2.24. The highest BCUT2D eigenvalue weighted by Crippen LogP contribution is 2.20. The molecule has 1 aromatic carbocycles. The summed E-state index contributed by atoms with van der Waals surface area (Å²) < 4.78 is 4.86. The van der Waals surface area contributed by atoms with Crippen LogP contribution in [0, 0.1) is 11.8 Å². The van der Waals surface area contributed by atoms with Gasteiger partial charge in [0.1, 0.15) is 6.61 Å². The van der Waals surface area contributed by atoms with Crippen molar-refractivity contribution in [1.82, 2.24) is 0 Å². The first kappa shape index (κ1) is 13.2. The Morgan fingerprint density at radius 2 is 2.16 bits per heavy atom. The van der Waals surface area contributed by atoms with E-state index in [1.807, 2.05) is 0 Å². The topological polar surface area (TPSA) is 62.5 Å². The molecule has 1 aromatic heterocycles. The summed E-state index contributed by atoms with van der Waals surface area (Å²) in [5.41, 5.74) is 1.42. The number of carbonyl (C=O) groups is 1. The maximum absolute atomic E-state index is 12.0. The number of anilines is 1. The molecule has 0 aliphatic carbocycles. The number of furan rings is 1. The maximum atomic E-state index is 12.0. The lowest BCUT2D eigenvalue weighted by atomic mass is 10.1. The SMILES string of the molecule is O=C(Nc1ccccc1C#CCO)c1ccoc1Cl. The number of para-hydroxylation sites is 1. The minimum absolute atomic E-state index is 0.0384. The second-order valence-electron chi connectivity index (χ2n) is 3.57. The lowest BCUT2D eigenvalue weighted by Gasteiger charge is -2.06. The summed E-state index contributed by atoms with van der Waals surface area (Å²) in [6, 6.07) is 8.51. The highest BCUT2D eigenvalue weighted by molar-refractivity contribution is 6.32. The van der Waals surface area contributed by atoms with Crippen LogP contribution in [0.3, 0.4) is 0 Å². The van der Waals surface area contributed by atoms with Crippen LogP contribution in [0.25, 0.3) is 0 Å². The van der Waals surface area contributed by atoms with Crippen molar-refractivity contribution in [2.45, 2.75) is 0 Å². The minimum atomic E-state index is -0.378. The fraction of sp³-hybridized carbons (Fsp3) is 0.0714. The van der Waals surface area contributed by atoms with E-state index in [9.17, 15) is 4.79 Å². The van der Waals surface area contributed by atoms with Gasteiger partial charge in [-0.05, 0) is 29.8 Å². The van der Waals surface area contributed by atoms with E-state index in [-0.39, 0.29) is 23.3 Å². The highest BCUT2D eigenvalue weighted by Gasteiger charge is 2.13. The molecule has 0 saturated carbocycles. The Morgan fingerprint density at radius 1 is 1.37 bits per heavy atom. The molecule has 0 unspecified atom stereocenters. The third-order valence-corrected chi connectivity index (χ3v) is 2.63. The van der Waals surface area contributed by atoms with Gasteiger partial charge < -0.3 is 14.8 Å². The molecule has 0 radical (unpaired) electrons. The molecular weight excluding hydrogens is 266 g/mol. The molecule has 96 valence electrons. The number of hydrogen-bond acceptors (Lipinski definition) is 3. The van der Waals surface area contributed by atoms with Gasteiger partial charge in [-0.3, -0.25) is 4.79 Å². The minimum Gasteiger partial charge on any atom is -0.452 e. The van der Waals surface area contributed by atoms with Crippen LogP contribution in [0.5, 0.6) is 0 Å². The first-order valence-electron chi connectivity index (χ1n) is 5.45. The number of nitrogens with one attached hydrogen (secondary N) is 1. The number of hydrogen-bond donors (Lipinski definition) is 2. The Bertz CT molecular complexity index is 652. The molecule has 0 bridgehead atoms. The number of halogens is 1. The first-order chi connectivity index (χ1) is 9.22. The number of benzene rings is 1. The second kappa shape index (κ2) is 6.10. The number of aliphatic hydroxyl groups is 1. The van der Waals surface area contributed by atoms with Crippen molar-refractivity contribution >= 4 is 23.2 Å². The normalized spacial score (nSPS) is 9.58. The maximum Gasteiger partial charge on any atom is 0.260 e. The van der Waals surface area contributed by atoms with E-state index in [0.29, 0.717) is 11.3 Å². The van der Waals surface area contributed by atoms with E-state index < -0.39 is 0 Å². The molecule has 2 rings (SSSR count). The molecule has 1 amide bonds. The van der Waals surface area contributed by atoms with Gasteiger partial charge in [-0.25, -0.2) is 0 Å². The third-order valence-electron chi connectivity index (χ3n) is 2.34. The second-order valence-corrected chi connectivity index (χ2v) is 3.91. The van der Waals surface area contributed by atoms with E-state index in [1.54, 1.807) is 24.3 Å². The van der Waals surface area contributed by atoms with Crippen molar-refractivity contribution in [3.63, 3.8) is 0 Å². The average Bonchev–Trinajstić information content (AvgIpc) is 2.84. The monoisotopic (exact) mass is 275 g/mol. The molecule has 2 N–H and O–H groups in total. The average molecular weight is 276 g/mol. The summed E-state index contributed by atoms with van der Waals surface area (Å²) in [6.45, 7) is -0.240. The molecule has 0 aliphatic heterocycles. The lowest BCUT2D eigenvalue weighted by molar-refractivity contribution is 0.102. The smallest absolute Gasteiger partial charge is 0.260 e. The molecule has 19 heavy (non-hydrogen) atoms. The van der Waals surface area contributed by atoms with Crippen LogP contribution >= 0.6 is 11.6 Å². The zero-order chi connectivity index (χ0) is 13.7. The molecule has 1 heterocycles. The highest BCUT2D eigenvalue weighted by atomic mass is 35.5. The van der Waals surface area contributed by atoms with Crippen LogP contribution in [0.4, 0.5) is 5.69 Å². The molecule has 0 fully saturated rings. The van der Waals surface area contributed by atoms with Crippen molar-refractivity contribution < 1.29 is 14.3 Å². The van der Waals surface area contributed by atoms with E-state index in [2.05, 4.69) is 17.2 Å². The number of aliphatic hydroxyl groups excluding tert-OH is 1. The van der Waals surface area contributed by atoms with Gasteiger partial charge in [0.15, 0.2) is 0 Å². The van der Waals surface area contributed by atoms with Gasteiger partial charge in [-0.15, -0.1) is 0 Å². The molecule has 0 aliphatic rings. The van der Waals surface area contributed by atoms with Gasteiger partial charge in [0.25, 0.3) is 5.91 Å². The van der Waals surface area contributed by atoms with Crippen LogP contribution in [-0.4, -0.2) is 17.6 Å². The summed E-state index contributed by atoms with van der Waals surface area (Å²) >= 11 is 5.74. The molecule has 5 heteroatoms.